The van der Waals surface area contributed by atoms with Crippen LogP contribution in [0.3, 0.4) is 0 Å². The van der Waals surface area contributed by atoms with Gasteiger partial charge < -0.3 is 11.1 Å². The van der Waals surface area contributed by atoms with Gasteiger partial charge in [0.05, 0.1) is 0 Å². The van der Waals surface area contributed by atoms with Crippen LogP contribution in [0.5, 0.6) is 0 Å². The van der Waals surface area contributed by atoms with Crippen LogP contribution in [0, 0.1) is 5.92 Å². The summed E-state index contributed by atoms with van der Waals surface area (Å²) in [5, 5.41) is 3.67. The second-order valence-corrected chi connectivity index (χ2v) is 6.77. The first kappa shape index (κ1) is 18.9. The summed E-state index contributed by atoms with van der Waals surface area (Å²) in [5.74, 6) is 0.695. The van der Waals surface area contributed by atoms with Crippen molar-refractivity contribution in [1.82, 2.24) is 5.32 Å². The van der Waals surface area contributed by atoms with Gasteiger partial charge in [-0.1, -0.05) is 58.8 Å². The number of rotatable bonds is 13. The predicted octanol–water partition coefficient (Wildman–Crippen LogP) is 4.48. The van der Waals surface area contributed by atoms with E-state index < -0.39 is 0 Å². The zero-order valence-corrected chi connectivity index (χ0v) is 13.9. The van der Waals surface area contributed by atoms with Crippen molar-refractivity contribution in [3.63, 3.8) is 0 Å². The Balaban J connectivity index is 3.19. The molecule has 0 aliphatic carbocycles. The second kappa shape index (κ2) is 11.7. The third kappa shape index (κ3) is 11.4. The predicted molar refractivity (Wildman–Crippen MR) is 87.5 cm³/mol. The number of hydrogen-bond donors (Lipinski definition) is 2. The van der Waals surface area contributed by atoms with Crippen molar-refractivity contribution >= 4 is 0 Å². The topological polar surface area (TPSA) is 38.0 Å². The zero-order valence-electron chi connectivity index (χ0n) is 13.9. The Morgan fingerprint density at radius 1 is 0.789 bits per heavy atom. The second-order valence-electron chi connectivity index (χ2n) is 6.77. The highest BCUT2D eigenvalue weighted by Crippen LogP contribution is 2.15. The van der Waals surface area contributed by atoms with E-state index in [0.717, 1.165) is 6.54 Å². The molecule has 0 atom stereocenters. The Bertz CT molecular complexity index is 188. The molecule has 0 aliphatic heterocycles. The van der Waals surface area contributed by atoms with E-state index >= 15 is 0 Å². The molecule has 116 valence electrons. The van der Waals surface area contributed by atoms with Crippen molar-refractivity contribution in [3.05, 3.63) is 0 Å². The first-order chi connectivity index (χ1) is 9.00. The van der Waals surface area contributed by atoms with Crippen molar-refractivity contribution in [3.8, 4) is 0 Å². The number of nitrogens with one attached hydrogen (secondary N) is 1. The van der Waals surface area contributed by atoms with E-state index in [1.165, 1.54) is 64.3 Å². The molecule has 3 N–H and O–H groups in total. The molecule has 0 heterocycles. The summed E-state index contributed by atoms with van der Waals surface area (Å²) in [6, 6.07) is 0. The van der Waals surface area contributed by atoms with Gasteiger partial charge in [-0.3, -0.25) is 0 Å². The van der Waals surface area contributed by atoms with E-state index in [0.29, 0.717) is 5.92 Å². The van der Waals surface area contributed by atoms with Gasteiger partial charge in [0.15, 0.2) is 0 Å². The van der Waals surface area contributed by atoms with Gasteiger partial charge in [0.1, 0.15) is 0 Å². The molecule has 0 spiro atoms. The van der Waals surface area contributed by atoms with Gasteiger partial charge in [-0.05, 0) is 45.7 Å². The van der Waals surface area contributed by atoms with Crippen LogP contribution in [-0.4, -0.2) is 18.6 Å². The van der Waals surface area contributed by atoms with E-state index in [2.05, 4.69) is 33.0 Å². The van der Waals surface area contributed by atoms with Gasteiger partial charge in [-0.2, -0.15) is 0 Å². The molecule has 0 aromatic rings. The molecule has 0 saturated carbocycles. The summed E-state index contributed by atoms with van der Waals surface area (Å²) in [5.41, 5.74) is 5.76. The Morgan fingerprint density at radius 3 is 1.63 bits per heavy atom. The van der Waals surface area contributed by atoms with Crippen molar-refractivity contribution < 1.29 is 0 Å². The molecule has 0 radical (unpaired) electrons. The number of unbranched alkanes of at least 4 members (excludes halogenated alkanes) is 8. The van der Waals surface area contributed by atoms with Crippen molar-refractivity contribution in [2.24, 2.45) is 11.7 Å². The summed E-state index contributed by atoms with van der Waals surface area (Å²) in [7, 11) is 0. The summed E-state index contributed by atoms with van der Waals surface area (Å²) < 4.78 is 0. The van der Waals surface area contributed by atoms with Gasteiger partial charge in [-0.15, -0.1) is 0 Å². The summed E-state index contributed by atoms with van der Waals surface area (Å²) >= 11 is 0. The maximum Gasteiger partial charge on any atom is 0.0148 e. The fourth-order valence-corrected chi connectivity index (χ4v) is 2.12. The van der Waals surface area contributed by atoms with Crippen molar-refractivity contribution in [2.45, 2.75) is 91.0 Å². The Hall–Kier alpha value is -0.0800. The maximum absolute atomic E-state index is 5.48. The molecule has 0 unspecified atom stereocenters. The molecule has 2 nitrogen and oxygen atoms in total. The average Bonchev–Trinajstić information content (AvgIpc) is 2.35. The van der Waals surface area contributed by atoms with Crippen LogP contribution >= 0.6 is 0 Å². The molecule has 0 amide bonds. The lowest BCUT2D eigenvalue weighted by atomic mass is 9.90. The van der Waals surface area contributed by atoms with Gasteiger partial charge in [0.2, 0.25) is 0 Å². The molecule has 0 rings (SSSR count). The molecule has 0 bridgehead atoms. The first-order valence-electron chi connectivity index (χ1n) is 8.46. The molecule has 0 aromatic heterocycles. The monoisotopic (exact) mass is 270 g/mol. The largest absolute Gasteiger partial charge is 0.330 e. The lowest BCUT2D eigenvalue weighted by molar-refractivity contribution is 0.286. The normalized spacial score (nSPS) is 12.3. The molecule has 0 aliphatic rings. The van der Waals surface area contributed by atoms with Gasteiger partial charge in [0, 0.05) is 5.54 Å². The Morgan fingerprint density at radius 2 is 1.21 bits per heavy atom. The van der Waals surface area contributed by atoms with Gasteiger partial charge in [0.25, 0.3) is 0 Å². The molecular weight excluding hydrogens is 232 g/mol. The van der Waals surface area contributed by atoms with Crippen molar-refractivity contribution in [1.29, 1.82) is 0 Å². The quantitative estimate of drug-likeness (QED) is 0.484. The average molecular weight is 271 g/mol. The molecule has 2 heteroatoms. The lowest BCUT2D eigenvalue weighted by Crippen LogP contribution is -2.44. The highest BCUT2D eigenvalue weighted by molar-refractivity contribution is 4.80. The fraction of sp³-hybridized carbons (Fsp3) is 1.00. The van der Waals surface area contributed by atoms with Crippen LogP contribution in [0.15, 0.2) is 0 Å². The standard InChI is InChI=1S/C17H38N2/c1-16(2)17(3,4)19-15-13-11-9-7-5-6-8-10-12-14-18/h16,19H,5-15,18H2,1-4H3. The Labute approximate surface area is 121 Å². The third-order valence-corrected chi connectivity index (χ3v) is 4.40. The smallest absolute Gasteiger partial charge is 0.0148 e. The van der Waals surface area contributed by atoms with E-state index in [-0.39, 0.29) is 5.54 Å². The van der Waals surface area contributed by atoms with Crippen LogP contribution < -0.4 is 11.1 Å². The summed E-state index contributed by atoms with van der Waals surface area (Å²) in [6.07, 6.45) is 12.2. The van der Waals surface area contributed by atoms with Crippen molar-refractivity contribution in [2.75, 3.05) is 13.1 Å². The third-order valence-electron chi connectivity index (χ3n) is 4.40. The summed E-state index contributed by atoms with van der Waals surface area (Å²) in [4.78, 5) is 0. The van der Waals surface area contributed by atoms with Crippen LogP contribution in [0.2, 0.25) is 0 Å². The molecule has 0 saturated heterocycles. The van der Waals surface area contributed by atoms with Crippen LogP contribution in [0.25, 0.3) is 0 Å². The minimum Gasteiger partial charge on any atom is -0.330 e. The van der Waals surface area contributed by atoms with Gasteiger partial charge >= 0.3 is 0 Å². The van der Waals surface area contributed by atoms with E-state index in [4.69, 9.17) is 5.73 Å². The van der Waals surface area contributed by atoms with E-state index in [1.54, 1.807) is 0 Å². The van der Waals surface area contributed by atoms with Gasteiger partial charge in [-0.25, -0.2) is 0 Å². The SMILES string of the molecule is CC(C)C(C)(C)NCCCCCCCCCCCN. The molecule has 0 fully saturated rings. The minimum absolute atomic E-state index is 0.281. The Kier molecular flexibility index (Phi) is 11.7. The summed E-state index contributed by atoms with van der Waals surface area (Å²) in [6.45, 7) is 11.2. The first-order valence-corrected chi connectivity index (χ1v) is 8.46. The number of hydrogen-bond acceptors (Lipinski definition) is 2. The molecule has 0 aromatic carbocycles. The van der Waals surface area contributed by atoms with E-state index in [9.17, 15) is 0 Å². The van der Waals surface area contributed by atoms with E-state index in [1.807, 2.05) is 0 Å². The highest BCUT2D eigenvalue weighted by atomic mass is 15.0. The maximum atomic E-state index is 5.48. The molecule has 19 heavy (non-hydrogen) atoms. The van der Waals surface area contributed by atoms with Crippen LogP contribution in [-0.2, 0) is 0 Å². The molecular formula is C17H38N2. The zero-order chi connectivity index (χ0) is 14.6. The minimum atomic E-state index is 0.281. The fourth-order valence-electron chi connectivity index (χ4n) is 2.12. The highest BCUT2D eigenvalue weighted by Gasteiger charge is 2.20. The van der Waals surface area contributed by atoms with Crippen LogP contribution in [0.1, 0.15) is 85.5 Å². The number of nitrogens with two attached hydrogens (primary N) is 1. The van der Waals surface area contributed by atoms with Crippen LogP contribution in [0.4, 0.5) is 0 Å². The lowest BCUT2D eigenvalue weighted by Gasteiger charge is -2.30.